The van der Waals surface area contributed by atoms with Gasteiger partial charge >= 0.3 is 0 Å². The van der Waals surface area contributed by atoms with Gasteiger partial charge in [-0.25, -0.2) is 9.38 Å². The van der Waals surface area contributed by atoms with Crippen LogP contribution in [0.3, 0.4) is 0 Å². The molecule has 0 aliphatic rings. The number of carbonyl (C=O) groups is 1. The molecule has 33 heavy (non-hydrogen) atoms. The predicted octanol–water partition coefficient (Wildman–Crippen LogP) is 4.71. The molecule has 0 aromatic heterocycles. The van der Waals surface area contributed by atoms with Crippen molar-refractivity contribution in [2.75, 3.05) is 19.0 Å². The molecule has 0 aliphatic carbocycles. The first-order valence-electron chi connectivity index (χ1n) is 10.5. The number of hydrogen-bond donors (Lipinski definition) is 3. The number of rotatable bonds is 8. The van der Waals surface area contributed by atoms with Crippen molar-refractivity contribution < 1.29 is 18.7 Å². The number of amides is 1. The minimum absolute atomic E-state index is 0. The molecular weight excluding hydrogens is 538 g/mol. The number of methoxy groups -OCH3 is 1. The van der Waals surface area contributed by atoms with Gasteiger partial charge in [-0.05, 0) is 76.6 Å². The van der Waals surface area contributed by atoms with Crippen molar-refractivity contribution >= 4 is 41.5 Å². The van der Waals surface area contributed by atoms with E-state index in [-0.39, 0.29) is 60.4 Å². The van der Waals surface area contributed by atoms with Gasteiger partial charge in [-0.2, -0.15) is 0 Å². The molecule has 0 bridgehead atoms. The first-order valence-corrected chi connectivity index (χ1v) is 10.5. The number of anilines is 1. The summed E-state index contributed by atoms with van der Waals surface area (Å²) in [4.78, 5) is 16.7. The fourth-order valence-corrected chi connectivity index (χ4v) is 2.77. The van der Waals surface area contributed by atoms with E-state index < -0.39 is 5.82 Å². The molecule has 2 rings (SSSR count). The molecule has 0 spiro atoms. The van der Waals surface area contributed by atoms with Crippen molar-refractivity contribution in [1.82, 2.24) is 10.6 Å². The highest BCUT2D eigenvalue weighted by atomic mass is 127. The molecule has 2 aromatic rings. The van der Waals surface area contributed by atoms with Crippen LogP contribution in [-0.4, -0.2) is 37.2 Å². The Morgan fingerprint density at radius 1 is 1.12 bits per heavy atom. The zero-order valence-corrected chi connectivity index (χ0v) is 22.3. The summed E-state index contributed by atoms with van der Waals surface area (Å²) in [6.45, 7) is 9.92. The van der Waals surface area contributed by atoms with Crippen LogP contribution in [-0.2, 0) is 11.3 Å². The van der Waals surface area contributed by atoms with Crippen molar-refractivity contribution in [1.29, 1.82) is 0 Å². The van der Waals surface area contributed by atoms with Gasteiger partial charge in [0.2, 0.25) is 5.91 Å². The Bertz CT molecular complexity index is 928. The molecule has 0 aliphatic heterocycles. The van der Waals surface area contributed by atoms with E-state index in [0.717, 1.165) is 11.4 Å². The number of halogens is 2. The number of guanidine groups is 1. The van der Waals surface area contributed by atoms with E-state index in [1.165, 1.54) is 13.2 Å². The lowest BCUT2D eigenvalue weighted by molar-refractivity contribution is -0.121. The monoisotopic (exact) mass is 572 g/mol. The molecule has 7 nitrogen and oxygen atoms in total. The van der Waals surface area contributed by atoms with Crippen LogP contribution in [0.1, 0.15) is 40.2 Å². The van der Waals surface area contributed by atoms with Crippen LogP contribution >= 0.6 is 24.0 Å². The van der Waals surface area contributed by atoms with Gasteiger partial charge in [0.25, 0.3) is 0 Å². The second-order valence-corrected chi connectivity index (χ2v) is 8.60. The van der Waals surface area contributed by atoms with E-state index >= 15 is 0 Å². The Morgan fingerprint density at radius 2 is 1.79 bits per heavy atom. The summed E-state index contributed by atoms with van der Waals surface area (Å²) >= 11 is 0. The van der Waals surface area contributed by atoms with Crippen molar-refractivity contribution in [3.8, 4) is 11.5 Å². The predicted molar refractivity (Wildman–Crippen MR) is 141 cm³/mol. The van der Waals surface area contributed by atoms with Crippen LogP contribution < -0.4 is 25.4 Å². The number of ether oxygens (including phenoxy) is 2. The number of aliphatic imine (C=N–C) groups is 1. The van der Waals surface area contributed by atoms with Crippen LogP contribution in [0.4, 0.5) is 10.1 Å². The topological polar surface area (TPSA) is 84.0 Å². The number of hydrogen-bond acceptors (Lipinski definition) is 4. The largest absolute Gasteiger partial charge is 0.494 e. The Hall–Kier alpha value is -2.56. The van der Waals surface area contributed by atoms with Crippen LogP contribution in [0.15, 0.2) is 47.5 Å². The number of carbonyl (C=O) groups excluding carboxylic acids is 1. The zero-order chi connectivity index (χ0) is 23.7. The summed E-state index contributed by atoms with van der Waals surface area (Å²) in [5.74, 6) is 0.714. The number of nitrogens with one attached hydrogen (secondary N) is 3. The summed E-state index contributed by atoms with van der Waals surface area (Å²) in [5.41, 5.74) is 1.10. The zero-order valence-electron chi connectivity index (χ0n) is 20.0. The Labute approximate surface area is 212 Å². The Kier molecular flexibility index (Phi) is 11.4. The molecule has 0 saturated heterocycles. The van der Waals surface area contributed by atoms with E-state index in [1.54, 1.807) is 12.1 Å². The minimum atomic E-state index is -0.451. The third kappa shape index (κ3) is 10.7. The molecule has 2 aromatic carbocycles. The quantitative estimate of drug-likeness (QED) is 0.243. The van der Waals surface area contributed by atoms with Gasteiger partial charge in [-0.3, -0.25) is 4.79 Å². The van der Waals surface area contributed by atoms with Gasteiger partial charge in [-0.1, -0.05) is 6.07 Å². The maximum Gasteiger partial charge on any atom is 0.239 e. The normalized spacial score (nSPS) is 11.5. The fourth-order valence-electron chi connectivity index (χ4n) is 2.77. The summed E-state index contributed by atoms with van der Waals surface area (Å²) in [7, 11) is 1.42. The first kappa shape index (κ1) is 28.5. The second-order valence-electron chi connectivity index (χ2n) is 8.60. The van der Waals surface area contributed by atoms with Gasteiger partial charge in [0.1, 0.15) is 5.75 Å². The summed E-state index contributed by atoms with van der Waals surface area (Å²) in [6.07, 6.45) is 0.0822. The average molecular weight is 572 g/mol. The van der Waals surface area contributed by atoms with E-state index in [2.05, 4.69) is 20.9 Å². The lowest BCUT2D eigenvalue weighted by atomic mass is 10.1. The van der Waals surface area contributed by atoms with Crippen molar-refractivity contribution in [2.45, 2.75) is 52.8 Å². The molecule has 9 heteroatoms. The minimum Gasteiger partial charge on any atom is -0.494 e. The van der Waals surface area contributed by atoms with E-state index in [1.807, 2.05) is 58.9 Å². The smallest absolute Gasteiger partial charge is 0.239 e. The van der Waals surface area contributed by atoms with Gasteiger partial charge < -0.3 is 25.4 Å². The molecule has 0 atom stereocenters. The molecular formula is C24H34FIN4O3. The maximum absolute atomic E-state index is 14.0. The Balaban J connectivity index is 0.00000544. The van der Waals surface area contributed by atoms with Crippen molar-refractivity contribution in [3.63, 3.8) is 0 Å². The third-order valence-electron chi connectivity index (χ3n) is 4.06. The molecule has 1 amide bonds. The third-order valence-corrected chi connectivity index (χ3v) is 4.06. The molecule has 0 radical (unpaired) electrons. The van der Waals surface area contributed by atoms with Crippen molar-refractivity contribution in [2.24, 2.45) is 4.99 Å². The summed E-state index contributed by atoms with van der Waals surface area (Å²) < 4.78 is 24.6. The average Bonchev–Trinajstić information content (AvgIpc) is 2.70. The highest BCUT2D eigenvalue weighted by Gasteiger charge is 2.14. The standard InChI is InChI=1S/C24H33FN4O3.HI/c1-16(2)32-19-10-8-18(9-11-19)28-23(27-15-22(30)29-24(3,4)5)26-14-17-7-12-21(31-6)20(25)13-17;/h7-13,16H,14-15H2,1-6H3,(H,29,30)(H2,26,27,28);1H. The number of nitrogens with zero attached hydrogens (tertiary/aromatic N) is 1. The molecule has 0 heterocycles. The lowest BCUT2D eigenvalue weighted by Gasteiger charge is -2.21. The van der Waals surface area contributed by atoms with Gasteiger partial charge in [0, 0.05) is 11.2 Å². The van der Waals surface area contributed by atoms with Gasteiger partial charge in [0.05, 0.1) is 26.3 Å². The van der Waals surface area contributed by atoms with E-state index in [0.29, 0.717) is 11.5 Å². The highest BCUT2D eigenvalue weighted by molar-refractivity contribution is 14.0. The summed E-state index contributed by atoms with van der Waals surface area (Å²) in [6, 6.07) is 12.1. The van der Waals surface area contributed by atoms with Gasteiger partial charge in [-0.15, -0.1) is 24.0 Å². The first-order chi connectivity index (χ1) is 15.1. The lowest BCUT2D eigenvalue weighted by Crippen LogP contribution is -2.46. The molecule has 0 unspecified atom stereocenters. The molecule has 3 N–H and O–H groups in total. The SMILES string of the molecule is COc1ccc(CN=C(NCC(=O)NC(C)(C)C)Nc2ccc(OC(C)C)cc2)cc1F.I. The van der Waals surface area contributed by atoms with Crippen LogP contribution in [0.2, 0.25) is 0 Å². The fraction of sp³-hybridized carbons (Fsp3) is 0.417. The van der Waals surface area contributed by atoms with E-state index in [9.17, 15) is 9.18 Å². The van der Waals surface area contributed by atoms with E-state index in [4.69, 9.17) is 9.47 Å². The second kappa shape index (κ2) is 13.2. The maximum atomic E-state index is 14.0. The van der Waals surface area contributed by atoms with Crippen LogP contribution in [0.5, 0.6) is 11.5 Å². The van der Waals surface area contributed by atoms with Gasteiger partial charge in [0.15, 0.2) is 17.5 Å². The number of benzene rings is 2. The van der Waals surface area contributed by atoms with Crippen LogP contribution in [0, 0.1) is 5.82 Å². The molecule has 0 saturated carbocycles. The van der Waals surface area contributed by atoms with Crippen LogP contribution in [0.25, 0.3) is 0 Å². The van der Waals surface area contributed by atoms with Crippen molar-refractivity contribution in [3.05, 3.63) is 53.8 Å². The molecule has 0 fully saturated rings. The highest BCUT2D eigenvalue weighted by Crippen LogP contribution is 2.19. The summed E-state index contributed by atoms with van der Waals surface area (Å²) in [5, 5.41) is 9.09. The Morgan fingerprint density at radius 3 is 2.33 bits per heavy atom. The molecule has 182 valence electrons.